The molecule has 0 radical (unpaired) electrons. The Balaban J connectivity index is 1.78. The molecule has 17 heavy (non-hydrogen) atoms. The zero-order chi connectivity index (χ0) is 11.8. The average molecular weight is 232 g/mol. The second-order valence-corrected chi connectivity index (χ2v) is 4.36. The standard InChI is InChI=1S/C12H12N2O3/c1-7-4-5-16-11(7)12-13-10(17-14-12)6-9(15)8-2-3-8/h4-5,8H,2-3,6H2,1H3. The maximum Gasteiger partial charge on any atom is 0.238 e. The van der Waals surface area contributed by atoms with Crippen LogP contribution in [-0.4, -0.2) is 15.9 Å². The molecular weight excluding hydrogens is 220 g/mol. The van der Waals surface area contributed by atoms with E-state index in [0.717, 1.165) is 18.4 Å². The van der Waals surface area contributed by atoms with Gasteiger partial charge in [-0.15, -0.1) is 0 Å². The van der Waals surface area contributed by atoms with E-state index in [1.807, 2.05) is 13.0 Å². The van der Waals surface area contributed by atoms with E-state index in [2.05, 4.69) is 10.1 Å². The van der Waals surface area contributed by atoms with E-state index in [-0.39, 0.29) is 18.1 Å². The first-order valence-corrected chi connectivity index (χ1v) is 5.64. The van der Waals surface area contributed by atoms with Gasteiger partial charge in [-0.05, 0) is 31.4 Å². The summed E-state index contributed by atoms with van der Waals surface area (Å²) in [6, 6.07) is 1.83. The Morgan fingerprint density at radius 2 is 2.35 bits per heavy atom. The van der Waals surface area contributed by atoms with Crippen LogP contribution in [0.15, 0.2) is 21.3 Å². The van der Waals surface area contributed by atoms with Crippen molar-refractivity contribution in [1.29, 1.82) is 0 Å². The third-order valence-electron chi connectivity index (χ3n) is 2.89. The number of aromatic nitrogens is 2. The third-order valence-corrected chi connectivity index (χ3v) is 2.89. The van der Waals surface area contributed by atoms with Crippen molar-refractivity contribution in [3.05, 3.63) is 23.8 Å². The number of carbonyl (C=O) groups is 1. The molecule has 5 heteroatoms. The predicted octanol–water partition coefficient (Wildman–Crippen LogP) is 2.16. The fourth-order valence-corrected chi connectivity index (χ4v) is 1.72. The van der Waals surface area contributed by atoms with Crippen LogP contribution in [0.25, 0.3) is 11.6 Å². The zero-order valence-electron chi connectivity index (χ0n) is 9.47. The van der Waals surface area contributed by atoms with Crippen LogP contribution in [0.4, 0.5) is 0 Å². The van der Waals surface area contributed by atoms with Gasteiger partial charge in [0, 0.05) is 5.92 Å². The number of ketones is 1. The van der Waals surface area contributed by atoms with Gasteiger partial charge in [0.25, 0.3) is 0 Å². The summed E-state index contributed by atoms with van der Waals surface area (Å²) >= 11 is 0. The lowest BCUT2D eigenvalue weighted by Gasteiger charge is -1.90. The van der Waals surface area contributed by atoms with Gasteiger partial charge in [0.1, 0.15) is 5.78 Å². The average Bonchev–Trinajstić information content (AvgIpc) is 2.93. The minimum absolute atomic E-state index is 0.191. The summed E-state index contributed by atoms with van der Waals surface area (Å²) < 4.78 is 10.3. The molecule has 88 valence electrons. The topological polar surface area (TPSA) is 69.1 Å². The highest BCUT2D eigenvalue weighted by atomic mass is 16.5. The van der Waals surface area contributed by atoms with E-state index < -0.39 is 0 Å². The summed E-state index contributed by atoms with van der Waals surface area (Å²) in [4.78, 5) is 15.8. The first kappa shape index (κ1) is 10.3. The monoisotopic (exact) mass is 232 g/mol. The molecule has 5 nitrogen and oxygen atoms in total. The van der Waals surface area contributed by atoms with Crippen molar-refractivity contribution < 1.29 is 13.7 Å². The Bertz CT molecular complexity index is 552. The summed E-state index contributed by atoms with van der Waals surface area (Å²) in [6.45, 7) is 1.91. The van der Waals surface area contributed by atoms with Gasteiger partial charge in [0.05, 0.1) is 12.7 Å². The lowest BCUT2D eigenvalue weighted by Crippen LogP contribution is -2.04. The Labute approximate surface area is 97.8 Å². The van der Waals surface area contributed by atoms with E-state index in [1.54, 1.807) is 6.26 Å². The second kappa shape index (κ2) is 3.84. The van der Waals surface area contributed by atoms with Gasteiger partial charge in [0.2, 0.25) is 11.7 Å². The molecule has 0 N–H and O–H groups in total. The number of carbonyl (C=O) groups excluding carboxylic acids is 1. The lowest BCUT2D eigenvalue weighted by atomic mass is 10.2. The van der Waals surface area contributed by atoms with E-state index in [1.165, 1.54) is 0 Å². The minimum atomic E-state index is 0.191. The van der Waals surface area contributed by atoms with Crippen LogP contribution in [0.2, 0.25) is 0 Å². The predicted molar refractivity (Wildman–Crippen MR) is 58.2 cm³/mol. The highest BCUT2D eigenvalue weighted by Crippen LogP contribution is 2.31. The number of hydrogen-bond donors (Lipinski definition) is 0. The molecule has 0 atom stereocenters. The van der Waals surface area contributed by atoms with Crippen LogP contribution in [-0.2, 0) is 11.2 Å². The molecule has 0 unspecified atom stereocenters. The van der Waals surface area contributed by atoms with Crippen LogP contribution < -0.4 is 0 Å². The third kappa shape index (κ3) is 2.00. The lowest BCUT2D eigenvalue weighted by molar-refractivity contribution is -0.119. The largest absolute Gasteiger partial charge is 0.461 e. The van der Waals surface area contributed by atoms with E-state index in [4.69, 9.17) is 8.94 Å². The number of hydrogen-bond acceptors (Lipinski definition) is 5. The summed E-state index contributed by atoms with van der Waals surface area (Å²) in [5.41, 5.74) is 0.950. The van der Waals surface area contributed by atoms with Crippen molar-refractivity contribution in [2.24, 2.45) is 5.92 Å². The van der Waals surface area contributed by atoms with Crippen molar-refractivity contribution in [2.75, 3.05) is 0 Å². The molecule has 0 aliphatic heterocycles. The van der Waals surface area contributed by atoms with E-state index >= 15 is 0 Å². The van der Waals surface area contributed by atoms with E-state index in [0.29, 0.717) is 17.5 Å². The summed E-state index contributed by atoms with van der Waals surface area (Å²) in [5.74, 6) is 1.78. The first-order chi connectivity index (χ1) is 8.24. The van der Waals surface area contributed by atoms with Crippen LogP contribution >= 0.6 is 0 Å². The number of furan rings is 1. The van der Waals surface area contributed by atoms with Gasteiger partial charge in [-0.3, -0.25) is 4.79 Å². The van der Waals surface area contributed by atoms with Crippen LogP contribution in [0.3, 0.4) is 0 Å². The normalized spacial score (nSPS) is 15.1. The van der Waals surface area contributed by atoms with Gasteiger partial charge < -0.3 is 8.94 Å². The molecule has 1 fully saturated rings. The molecule has 1 saturated carbocycles. The highest BCUT2D eigenvalue weighted by Gasteiger charge is 2.30. The van der Waals surface area contributed by atoms with Crippen molar-refractivity contribution >= 4 is 5.78 Å². The molecule has 3 rings (SSSR count). The number of nitrogens with zero attached hydrogens (tertiary/aromatic N) is 2. The molecule has 0 saturated heterocycles. The number of rotatable bonds is 4. The molecule has 0 bridgehead atoms. The maximum absolute atomic E-state index is 11.6. The maximum atomic E-state index is 11.6. The molecule has 2 aromatic heterocycles. The van der Waals surface area contributed by atoms with Crippen LogP contribution in [0, 0.1) is 12.8 Å². The number of aryl methyl sites for hydroxylation is 1. The molecule has 0 spiro atoms. The van der Waals surface area contributed by atoms with Gasteiger partial charge in [-0.25, -0.2) is 0 Å². The minimum Gasteiger partial charge on any atom is -0.461 e. The second-order valence-electron chi connectivity index (χ2n) is 4.36. The molecule has 1 aliphatic rings. The Kier molecular flexibility index (Phi) is 2.31. The van der Waals surface area contributed by atoms with Crippen molar-refractivity contribution in [3.63, 3.8) is 0 Å². The van der Waals surface area contributed by atoms with Gasteiger partial charge in [-0.2, -0.15) is 4.98 Å². The van der Waals surface area contributed by atoms with Crippen LogP contribution in [0.5, 0.6) is 0 Å². The van der Waals surface area contributed by atoms with Gasteiger partial charge >= 0.3 is 0 Å². The first-order valence-electron chi connectivity index (χ1n) is 5.64. The highest BCUT2D eigenvalue weighted by molar-refractivity contribution is 5.84. The molecular formula is C12H12N2O3. The SMILES string of the molecule is Cc1ccoc1-c1noc(CC(=O)C2CC2)n1. The van der Waals surface area contributed by atoms with Gasteiger partial charge in [0.15, 0.2) is 5.76 Å². The summed E-state index contributed by atoms with van der Waals surface area (Å²) in [5, 5.41) is 3.82. The van der Waals surface area contributed by atoms with Crippen LogP contribution in [0.1, 0.15) is 24.3 Å². The van der Waals surface area contributed by atoms with Crippen molar-refractivity contribution in [3.8, 4) is 11.6 Å². The van der Waals surface area contributed by atoms with E-state index in [9.17, 15) is 4.79 Å². The Morgan fingerprint density at radius 3 is 3.00 bits per heavy atom. The summed E-state index contributed by atoms with van der Waals surface area (Å²) in [6.07, 6.45) is 3.81. The Hall–Kier alpha value is -1.91. The molecule has 2 aromatic rings. The van der Waals surface area contributed by atoms with Crippen molar-refractivity contribution in [2.45, 2.75) is 26.2 Å². The van der Waals surface area contributed by atoms with Gasteiger partial charge in [-0.1, -0.05) is 5.16 Å². The Morgan fingerprint density at radius 1 is 1.53 bits per heavy atom. The molecule has 2 heterocycles. The van der Waals surface area contributed by atoms with Crippen molar-refractivity contribution in [1.82, 2.24) is 10.1 Å². The smallest absolute Gasteiger partial charge is 0.238 e. The fraction of sp³-hybridized carbons (Fsp3) is 0.417. The quantitative estimate of drug-likeness (QED) is 0.807. The molecule has 1 aliphatic carbocycles. The molecule has 0 amide bonds. The zero-order valence-corrected chi connectivity index (χ0v) is 9.47. The molecule has 0 aromatic carbocycles. The number of Topliss-reactive ketones (excluding diaryl/α,β-unsaturated/α-hetero) is 1. The fourth-order valence-electron chi connectivity index (χ4n) is 1.72. The summed E-state index contributed by atoms with van der Waals surface area (Å²) in [7, 11) is 0.